The van der Waals surface area contributed by atoms with Crippen molar-refractivity contribution in [3.05, 3.63) is 18.2 Å². The highest BCUT2D eigenvalue weighted by molar-refractivity contribution is 5.05. The van der Waals surface area contributed by atoms with Crippen LogP contribution in [0.2, 0.25) is 0 Å². The maximum atomic E-state index is 4.62. The van der Waals surface area contributed by atoms with Gasteiger partial charge in [0.2, 0.25) is 0 Å². The number of hydrogen-bond donors (Lipinski definition) is 1. The molecule has 1 aromatic rings. The second kappa shape index (κ2) is 5.86. The van der Waals surface area contributed by atoms with Crippen LogP contribution in [0.4, 0.5) is 0 Å². The molecular formula is C16H28N4. The van der Waals surface area contributed by atoms with E-state index >= 15 is 0 Å². The van der Waals surface area contributed by atoms with Crippen LogP contribution in [0.1, 0.15) is 50.9 Å². The largest absolute Gasteiger partial charge is 0.337 e. The Labute approximate surface area is 122 Å². The Morgan fingerprint density at radius 1 is 1.30 bits per heavy atom. The number of aromatic nitrogens is 2. The van der Waals surface area contributed by atoms with E-state index in [-0.39, 0.29) is 0 Å². The molecule has 2 aliphatic heterocycles. The Morgan fingerprint density at radius 2 is 2.00 bits per heavy atom. The van der Waals surface area contributed by atoms with E-state index in [0.29, 0.717) is 6.04 Å². The van der Waals surface area contributed by atoms with Gasteiger partial charge in [0.05, 0.1) is 6.04 Å². The molecule has 2 aliphatic rings. The van der Waals surface area contributed by atoms with Crippen molar-refractivity contribution in [3.8, 4) is 0 Å². The lowest BCUT2D eigenvalue weighted by molar-refractivity contribution is 0.109. The van der Waals surface area contributed by atoms with Crippen molar-refractivity contribution in [2.75, 3.05) is 13.6 Å². The predicted octanol–water partition coefficient (Wildman–Crippen LogP) is 2.33. The number of rotatable bonds is 5. The highest BCUT2D eigenvalue weighted by Gasteiger charge is 2.41. The lowest BCUT2D eigenvalue weighted by atomic mass is 9.84. The second-order valence-corrected chi connectivity index (χ2v) is 6.61. The summed E-state index contributed by atoms with van der Waals surface area (Å²) in [5.41, 5.74) is 0. The zero-order chi connectivity index (χ0) is 14.1. The smallest absolute Gasteiger partial charge is 0.125 e. The molecule has 1 aromatic heterocycles. The molecule has 3 heterocycles. The predicted molar refractivity (Wildman–Crippen MR) is 81.5 cm³/mol. The Kier molecular flexibility index (Phi) is 4.13. The molecule has 3 unspecified atom stereocenters. The molecular weight excluding hydrogens is 248 g/mol. The molecule has 112 valence electrons. The average molecular weight is 276 g/mol. The number of imidazole rings is 1. The van der Waals surface area contributed by atoms with E-state index in [4.69, 9.17) is 0 Å². The fourth-order valence-electron chi connectivity index (χ4n) is 4.17. The van der Waals surface area contributed by atoms with Crippen LogP contribution in [0.5, 0.6) is 0 Å². The zero-order valence-electron chi connectivity index (χ0n) is 13.0. The molecule has 0 spiro atoms. The van der Waals surface area contributed by atoms with Crippen LogP contribution in [-0.4, -0.2) is 40.1 Å². The minimum Gasteiger partial charge on any atom is -0.337 e. The second-order valence-electron chi connectivity index (χ2n) is 6.61. The molecule has 2 bridgehead atoms. The van der Waals surface area contributed by atoms with Gasteiger partial charge in [0.1, 0.15) is 5.82 Å². The minimum absolute atomic E-state index is 0.423. The summed E-state index contributed by atoms with van der Waals surface area (Å²) in [5.74, 6) is 1.95. The Hall–Kier alpha value is -0.870. The van der Waals surface area contributed by atoms with E-state index in [1.54, 1.807) is 0 Å². The van der Waals surface area contributed by atoms with Crippen LogP contribution in [0, 0.1) is 5.92 Å². The number of nitrogens with one attached hydrogen (secondary N) is 1. The number of hydrogen-bond acceptors (Lipinski definition) is 3. The first kappa shape index (κ1) is 14.1. The summed E-state index contributed by atoms with van der Waals surface area (Å²) in [6.07, 6.45) is 10.6. The third-order valence-corrected chi connectivity index (χ3v) is 5.36. The molecule has 2 fully saturated rings. The van der Waals surface area contributed by atoms with Crippen LogP contribution in [-0.2, 0) is 7.05 Å². The molecule has 3 rings (SSSR count). The molecule has 0 amide bonds. The van der Waals surface area contributed by atoms with Crippen molar-refractivity contribution in [3.63, 3.8) is 0 Å². The fraction of sp³-hybridized carbons (Fsp3) is 0.812. The van der Waals surface area contributed by atoms with E-state index in [9.17, 15) is 0 Å². The lowest BCUT2D eigenvalue weighted by Gasteiger charge is -2.39. The molecule has 1 N–H and O–H groups in total. The van der Waals surface area contributed by atoms with Gasteiger partial charge in [0.15, 0.2) is 0 Å². The molecule has 4 heteroatoms. The van der Waals surface area contributed by atoms with E-state index in [2.05, 4.69) is 47.0 Å². The Morgan fingerprint density at radius 3 is 2.55 bits per heavy atom. The van der Waals surface area contributed by atoms with Gasteiger partial charge in [-0.25, -0.2) is 4.98 Å². The maximum absolute atomic E-state index is 4.62. The summed E-state index contributed by atoms with van der Waals surface area (Å²) in [6.45, 7) is 3.32. The normalized spacial score (nSPS) is 31.6. The fourth-order valence-corrected chi connectivity index (χ4v) is 4.17. The number of fused-ring (bicyclic) bond motifs is 2. The first-order valence-electron chi connectivity index (χ1n) is 8.13. The van der Waals surface area contributed by atoms with Gasteiger partial charge in [-0.15, -0.1) is 0 Å². The molecule has 2 saturated heterocycles. The third-order valence-electron chi connectivity index (χ3n) is 5.36. The maximum Gasteiger partial charge on any atom is 0.125 e. The monoisotopic (exact) mass is 276 g/mol. The van der Waals surface area contributed by atoms with Crippen molar-refractivity contribution >= 4 is 0 Å². The van der Waals surface area contributed by atoms with Gasteiger partial charge in [-0.05, 0) is 51.6 Å². The number of piperidine rings is 1. The van der Waals surface area contributed by atoms with E-state index in [1.807, 2.05) is 6.20 Å². The van der Waals surface area contributed by atoms with Gasteiger partial charge in [0, 0.05) is 31.5 Å². The number of nitrogens with zero attached hydrogens (tertiary/aromatic N) is 3. The average Bonchev–Trinajstić information content (AvgIpc) is 2.92. The quantitative estimate of drug-likeness (QED) is 0.896. The topological polar surface area (TPSA) is 33.1 Å². The highest BCUT2D eigenvalue weighted by atomic mass is 15.2. The van der Waals surface area contributed by atoms with Crippen LogP contribution < -0.4 is 5.32 Å². The van der Waals surface area contributed by atoms with Crippen molar-refractivity contribution in [2.45, 2.75) is 57.2 Å². The third kappa shape index (κ3) is 2.51. The first-order chi connectivity index (χ1) is 9.70. The highest BCUT2D eigenvalue weighted by Crippen LogP contribution is 2.42. The van der Waals surface area contributed by atoms with Crippen LogP contribution in [0.3, 0.4) is 0 Å². The van der Waals surface area contributed by atoms with Gasteiger partial charge in [-0.1, -0.05) is 6.92 Å². The Bertz CT molecular complexity index is 427. The molecule has 0 saturated carbocycles. The first-order valence-corrected chi connectivity index (χ1v) is 8.13. The summed E-state index contributed by atoms with van der Waals surface area (Å²) in [7, 11) is 4.43. The minimum atomic E-state index is 0.423. The van der Waals surface area contributed by atoms with E-state index in [1.165, 1.54) is 37.9 Å². The van der Waals surface area contributed by atoms with Crippen molar-refractivity contribution < 1.29 is 0 Å². The standard InChI is InChI=1S/C16H28N4/c1-4-7-17-15(16-18-8-9-19(16)2)12-10-13-5-6-14(11-12)20(13)3/h8-9,12-15,17H,4-7,10-11H2,1-3H3. The van der Waals surface area contributed by atoms with E-state index in [0.717, 1.165) is 24.5 Å². The van der Waals surface area contributed by atoms with Gasteiger partial charge in [0.25, 0.3) is 0 Å². The van der Waals surface area contributed by atoms with Gasteiger partial charge >= 0.3 is 0 Å². The molecule has 0 radical (unpaired) electrons. The van der Waals surface area contributed by atoms with Gasteiger partial charge in [-0.3, -0.25) is 0 Å². The van der Waals surface area contributed by atoms with Crippen LogP contribution in [0.25, 0.3) is 0 Å². The van der Waals surface area contributed by atoms with Crippen molar-refractivity contribution in [2.24, 2.45) is 13.0 Å². The zero-order valence-corrected chi connectivity index (χ0v) is 13.0. The molecule has 4 nitrogen and oxygen atoms in total. The molecule has 3 atom stereocenters. The summed E-state index contributed by atoms with van der Waals surface area (Å²) >= 11 is 0. The Balaban J connectivity index is 1.78. The summed E-state index contributed by atoms with van der Waals surface area (Å²) in [5, 5.41) is 3.76. The summed E-state index contributed by atoms with van der Waals surface area (Å²) in [6, 6.07) is 2.02. The lowest BCUT2D eigenvalue weighted by Crippen LogP contribution is -2.44. The summed E-state index contributed by atoms with van der Waals surface area (Å²) < 4.78 is 2.19. The van der Waals surface area contributed by atoms with Gasteiger partial charge in [-0.2, -0.15) is 0 Å². The van der Waals surface area contributed by atoms with Crippen LogP contribution >= 0.6 is 0 Å². The van der Waals surface area contributed by atoms with Gasteiger partial charge < -0.3 is 14.8 Å². The SMILES string of the molecule is CCCNC(c1nccn1C)C1CC2CCC(C1)N2C. The molecule has 0 aromatic carbocycles. The van der Waals surface area contributed by atoms with Crippen molar-refractivity contribution in [1.29, 1.82) is 0 Å². The molecule has 20 heavy (non-hydrogen) atoms. The van der Waals surface area contributed by atoms with Crippen molar-refractivity contribution in [1.82, 2.24) is 19.8 Å². The molecule has 0 aliphatic carbocycles. The number of aryl methyl sites for hydroxylation is 1. The van der Waals surface area contributed by atoms with Crippen LogP contribution in [0.15, 0.2) is 12.4 Å². The van der Waals surface area contributed by atoms with E-state index < -0.39 is 0 Å². The summed E-state index contributed by atoms with van der Waals surface area (Å²) in [4.78, 5) is 7.24.